The SMILES string of the molecule is Cn1nc2c(c1C(=O)NC1CCCc3[nH]c(=O)ccc31)CCCC2. The van der Waals surface area contributed by atoms with E-state index in [9.17, 15) is 9.59 Å². The summed E-state index contributed by atoms with van der Waals surface area (Å²) in [6, 6.07) is 3.33. The Morgan fingerprint density at radius 3 is 2.96 bits per heavy atom. The minimum atomic E-state index is -0.0820. The third-order valence-corrected chi connectivity index (χ3v) is 5.17. The van der Waals surface area contributed by atoms with E-state index in [4.69, 9.17) is 0 Å². The number of fused-ring (bicyclic) bond motifs is 2. The van der Waals surface area contributed by atoms with Crippen molar-refractivity contribution in [3.05, 3.63) is 50.7 Å². The number of hydrogen-bond donors (Lipinski definition) is 2. The second kappa shape index (κ2) is 5.92. The Bertz CT molecular complexity index is 849. The molecule has 2 aliphatic carbocycles. The highest BCUT2D eigenvalue weighted by Crippen LogP contribution is 2.29. The molecule has 2 aliphatic rings. The van der Waals surface area contributed by atoms with Crippen molar-refractivity contribution in [3.8, 4) is 0 Å². The Balaban J connectivity index is 1.62. The molecule has 0 saturated heterocycles. The molecule has 0 radical (unpaired) electrons. The topological polar surface area (TPSA) is 79.8 Å². The fourth-order valence-electron chi connectivity index (χ4n) is 4.04. The number of nitrogens with one attached hydrogen (secondary N) is 2. The summed E-state index contributed by atoms with van der Waals surface area (Å²) in [6.45, 7) is 0. The molecule has 0 fully saturated rings. The second-order valence-electron chi connectivity index (χ2n) is 6.78. The van der Waals surface area contributed by atoms with Crippen molar-refractivity contribution in [2.45, 2.75) is 51.0 Å². The number of nitrogens with zero attached hydrogens (tertiary/aromatic N) is 2. The average Bonchev–Trinajstić information content (AvgIpc) is 2.90. The zero-order chi connectivity index (χ0) is 16.7. The standard InChI is InChI=1S/C18H22N4O2/c1-22-17(12-5-2-3-6-15(12)21-22)18(24)20-14-8-4-7-13-11(14)9-10-16(23)19-13/h9-10,14H,2-8H2,1H3,(H,19,23)(H,20,24). The minimum Gasteiger partial charge on any atom is -0.344 e. The van der Waals surface area contributed by atoms with Gasteiger partial charge < -0.3 is 10.3 Å². The van der Waals surface area contributed by atoms with Gasteiger partial charge in [0.15, 0.2) is 0 Å². The molecule has 1 unspecified atom stereocenters. The number of aryl methyl sites for hydroxylation is 3. The molecule has 6 nitrogen and oxygen atoms in total. The normalized spacial score (nSPS) is 19.5. The number of aromatic nitrogens is 3. The van der Waals surface area contributed by atoms with Gasteiger partial charge in [-0.05, 0) is 56.6 Å². The van der Waals surface area contributed by atoms with Crippen molar-refractivity contribution in [3.63, 3.8) is 0 Å². The lowest BCUT2D eigenvalue weighted by Gasteiger charge is -2.26. The Morgan fingerprint density at radius 2 is 2.08 bits per heavy atom. The summed E-state index contributed by atoms with van der Waals surface area (Å²) in [5.41, 5.74) is 4.78. The zero-order valence-corrected chi connectivity index (χ0v) is 13.9. The van der Waals surface area contributed by atoms with Crippen molar-refractivity contribution in [1.29, 1.82) is 0 Å². The van der Waals surface area contributed by atoms with Gasteiger partial charge in [0.1, 0.15) is 5.69 Å². The van der Waals surface area contributed by atoms with Crippen LogP contribution in [0, 0.1) is 0 Å². The first kappa shape index (κ1) is 15.2. The lowest BCUT2D eigenvalue weighted by atomic mass is 9.91. The summed E-state index contributed by atoms with van der Waals surface area (Å²) in [6.07, 6.45) is 6.87. The quantitative estimate of drug-likeness (QED) is 0.883. The maximum absolute atomic E-state index is 12.9. The van der Waals surface area contributed by atoms with Crippen molar-refractivity contribution < 1.29 is 4.79 Å². The fourth-order valence-corrected chi connectivity index (χ4v) is 4.04. The summed E-state index contributed by atoms with van der Waals surface area (Å²) in [7, 11) is 1.85. The summed E-state index contributed by atoms with van der Waals surface area (Å²) in [5.74, 6) is -0.0581. The van der Waals surface area contributed by atoms with Gasteiger partial charge >= 0.3 is 0 Å². The van der Waals surface area contributed by atoms with Crippen LogP contribution in [-0.4, -0.2) is 20.7 Å². The van der Waals surface area contributed by atoms with E-state index in [2.05, 4.69) is 15.4 Å². The molecule has 0 aliphatic heterocycles. The maximum atomic E-state index is 12.9. The van der Waals surface area contributed by atoms with Crippen LogP contribution in [-0.2, 0) is 26.3 Å². The monoisotopic (exact) mass is 326 g/mol. The van der Waals surface area contributed by atoms with Crippen molar-refractivity contribution >= 4 is 5.91 Å². The van der Waals surface area contributed by atoms with Crippen LogP contribution in [0.3, 0.4) is 0 Å². The number of H-pyrrole nitrogens is 1. The molecule has 0 spiro atoms. The molecule has 0 bridgehead atoms. The highest BCUT2D eigenvalue weighted by atomic mass is 16.2. The molecule has 2 N–H and O–H groups in total. The molecule has 2 aromatic heterocycles. The van der Waals surface area contributed by atoms with Crippen LogP contribution in [0.1, 0.15) is 64.7 Å². The van der Waals surface area contributed by atoms with Crippen molar-refractivity contribution in [2.24, 2.45) is 7.05 Å². The first-order valence-corrected chi connectivity index (χ1v) is 8.71. The molecule has 126 valence electrons. The average molecular weight is 326 g/mol. The number of pyridine rings is 1. The van der Waals surface area contributed by atoms with Crippen LogP contribution in [0.15, 0.2) is 16.9 Å². The van der Waals surface area contributed by atoms with Crippen LogP contribution in [0.2, 0.25) is 0 Å². The second-order valence-corrected chi connectivity index (χ2v) is 6.78. The van der Waals surface area contributed by atoms with Gasteiger partial charge in [0.2, 0.25) is 5.56 Å². The smallest absolute Gasteiger partial charge is 0.270 e. The molecular weight excluding hydrogens is 304 g/mol. The van der Waals surface area contributed by atoms with E-state index in [0.717, 1.165) is 67.5 Å². The summed E-state index contributed by atoms with van der Waals surface area (Å²) in [4.78, 5) is 27.3. The van der Waals surface area contributed by atoms with E-state index >= 15 is 0 Å². The largest absolute Gasteiger partial charge is 0.344 e. The van der Waals surface area contributed by atoms with Gasteiger partial charge in [-0.2, -0.15) is 5.10 Å². The molecule has 6 heteroatoms. The van der Waals surface area contributed by atoms with Crippen molar-refractivity contribution in [1.82, 2.24) is 20.1 Å². The van der Waals surface area contributed by atoms with Crippen LogP contribution in [0.5, 0.6) is 0 Å². The molecule has 2 aromatic rings. The van der Waals surface area contributed by atoms with Crippen LogP contribution >= 0.6 is 0 Å². The minimum absolute atomic E-state index is 0.0489. The number of aromatic amines is 1. The van der Waals surface area contributed by atoms with Crippen LogP contribution < -0.4 is 10.9 Å². The molecule has 0 saturated carbocycles. The molecule has 24 heavy (non-hydrogen) atoms. The Morgan fingerprint density at radius 1 is 1.25 bits per heavy atom. The Hall–Kier alpha value is -2.37. The molecule has 1 atom stereocenters. The van der Waals surface area contributed by atoms with Gasteiger partial charge in [0.25, 0.3) is 5.91 Å². The zero-order valence-electron chi connectivity index (χ0n) is 13.9. The lowest BCUT2D eigenvalue weighted by Crippen LogP contribution is -2.33. The van der Waals surface area contributed by atoms with E-state index in [1.165, 1.54) is 6.07 Å². The number of carbonyl (C=O) groups is 1. The summed E-state index contributed by atoms with van der Waals surface area (Å²) < 4.78 is 1.72. The van der Waals surface area contributed by atoms with Gasteiger partial charge in [-0.3, -0.25) is 14.3 Å². The molecule has 1 amide bonds. The van der Waals surface area contributed by atoms with Gasteiger partial charge in [-0.1, -0.05) is 0 Å². The summed E-state index contributed by atoms with van der Waals surface area (Å²) in [5, 5.41) is 7.70. The lowest BCUT2D eigenvalue weighted by molar-refractivity contribution is 0.0922. The van der Waals surface area contributed by atoms with Gasteiger partial charge in [0, 0.05) is 24.4 Å². The molecule has 2 heterocycles. The van der Waals surface area contributed by atoms with E-state index < -0.39 is 0 Å². The van der Waals surface area contributed by atoms with E-state index in [1.807, 2.05) is 13.1 Å². The van der Waals surface area contributed by atoms with E-state index in [0.29, 0.717) is 5.69 Å². The molecule has 0 aromatic carbocycles. The Kier molecular flexibility index (Phi) is 3.75. The first-order valence-electron chi connectivity index (χ1n) is 8.71. The van der Waals surface area contributed by atoms with Gasteiger partial charge in [-0.15, -0.1) is 0 Å². The van der Waals surface area contributed by atoms with Gasteiger partial charge in [0.05, 0.1) is 11.7 Å². The van der Waals surface area contributed by atoms with Crippen LogP contribution in [0.25, 0.3) is 0 Å². The van der Waals surface area contributed by atoms with E-state index in [1.54, 1.807) is 4.68 Å². The maximum Gasteiger partial charge on any atom is 0.270 e. The third-order valence-electron chi connectivity index (χ3n) is 5.17. The predicted octanol–water partition coefficient (Wildman–Crippen LogP) is 1.79. The number of rotatable bonds is 2. The number of amides is 1. The van der Waals surface area contributed by atoms with Crippen molar-refractivity contribution in [2.75, 3.05) is 0 Å². The predicted molar refractivity (Wildman–Crippen MR) is 90.1 cm³/mol. The highest BCUT2D eigenvalue weighted by Gasteiger charge is 2.27. The third kappa shape index (κ3) is 2.56. The fraction of sp³-hybridized carbons (Fsp3) is 0.500. The number of carbonyl (C=O) groups excluding carboxylic acids is 1. The van der Waals surface area contributed by atoms with E-state index in [-0.39, 0.29) is 17.5 Å². The first-order chi connectivity index (χ1) is 11.6. The molecule has 4 rings (SSSR count). The Labute approximate surface area is 140 Å². The molecular formula is C18H22N4O2. The van der Waals surface area contributed by atoms with Crippen LogP contribution in [0.4, 0.5) is 0 Å². The summed E-state index contributed by atoms with van der Waals surface area (Å²) >= 11 is 0. The van der Waals surface area contributed by atoms with Gasteiger partial charge in [-0.25, -0.2) is 0 Å². The highest BCUT2D eigenvalue weighted by molar-refractivity contribution is 5.94. The number of hydrogen-bond acceptors (Lipinski definition) is 3.